The van der Waals surface area contributed by atoms with Crippen LogP contribution in [0.2, 0.25) is 0 Å². The first-order valence-electron chi connectivity index (χ1n) is 12.9. The molecule has 0 fully saturated rings. The number of carboxylic acid groups (broad SMARTS) is 1. The Bertz CT molecular complexity index is 729. The molecule has 11 heteroatoms. The molecule has 0 bridgehead atoms. The summed E-state index contributed by atoms with van der Waals surface area (Å²) in [5, 5.41) is 18.7. The lowest BCUT2D eigenvalue weighted by Crippen LogP contribution is -2.31. The normalized spacial score (nSPS) is 15.3. The first-order chi connectivity index (χ1) is 17.0. The lowest BCUT2D eigenvalue weighted by atomic mass is 9.82. The van der Waals surface area contributed by atoms with Crippen LogP contribution in [0.5, 0.6) is 0 Å². The van der Waals surface area contributed by atoms with Crippen molar-refractivity contribution in [1.29, 1.82) is 0 Å². The first-order valence-corrected chi connectivity index (χ1v) is 19.6. The van der Waals surface area contributed by atoms with E-state index in [9.17, 15) is 24.3 Å². The van der Waals surface area contributed by atoms with Gasteiger partial charge in [-0.25, -0.2) is 0 Å². The molecule has 0 aromatic heterocycles. The largest absolute Gasteiger partial charge is 0.481 e. The first kappa shape index (κ1) is 35.7. The predicted octanol–water partition coefficient (Wildman–Crippen LogP) is 3.57. The van der Waals surface area contributed by atoms with Gasteiger partial charge in [-0.2, -0.15) is 0 Å². The number of hydrogen-bond donors (Lipinski definition) is 2. The van der Waals surface area contributed by atoms with E-state index in [4.69, 9.17) is 19.3 Å². The number of aliphatic hydroxyl groups is 1. The van der Waals surface area contributed by atoms with E-state index in [1.165, 1.54) is 0 Å². The molecule has 0 saturated carbocycles. The lowest BCUT2D eigenvalue weighted by molar-refractivity contribution is -0.153. The molecular formula is C26H50O9P2+2. The van der Waals surface area contributed by atoms with Gasteiger partial charge in [0.25, 0.3) is 0 Å². The SMILES string of the molecule is CCC(CC(CC(CC(C)C(=O)OCCO)C(=O)O)C(=O)OCC[P+](C)(C)C)C(=O)OCC[P+](C)(C)C. The van der Waals surface area contributed by atoms with Crippen LogP contribution >= 0.6 is 14.5 Å². The molecule has 0 rings (SSSR count). The number of carbonyl (C=O) groups is 4. The van der Waals surface area contributed by atoms with Crippen molar-refractivity contribution < 1.29 is 43.6 Å². The number of esters is 3. The van der Waals surface area contributed by atoms with E-state index in [-0.39, 0.29) is 45.1 Å². The molecule has 0 spiro atoms. The monoisotopic (exact) mass is 568 g/mol. The van der Waals surface area contributed by atoms with Crippen LogP contribution in [0.25, 0.3) is 0 Å². The molecule has 0 heterocycles. The third-order valence-corrected chi connectivity index (χ3v) is 9.08. The zero-order valence-corrected chi connectivity index (χ0v) is 25.8. The third kappa shape index (κ3) is 17.0. The van der Waals surface area contributed by atoms with Gasteiger partial charge in [0.1, 0.15) is 19.8 Å². The van der Waals surface area contributed by atoms with E-state index in [2.05, 4.69) is 40.0 Å². The number of ether oxygens (including phenoxy) is 3. The smallest absolute Gasteiger partial charge is 0.309 e. The Morgan fingerprint density at radius 1 is 0.676 bits per heavy atom. The number of hydrogen-bond acceptors (Lipinski definition) is 8. The maximum absolute atomic E-state index is 13.1. The van der Waals surface area contributed by atoms with Gasteiger partial charge in [-0.05, 0) is 25.7 Å². The number of carbonyl (C=O) groups excluding carboxylic acids is 3. The highest BCUT2D eigenvalue weighted by atomic mass is 31.2. The minimum atomic E-state index is -1.17. The number of aliphatic carboxylic acids is 1. The summed E-state index contributed by atoms with van der Waals surface area (Å²) < 4.78 is 16.0. The van der Waals surface area contributed by atoms with Crippen molar-refractivity contribution in [1.82, 2.24) is 0 Å². The molecule has 0 aliphatic carbocycles. The second-order valence-corrected chi connectivity index (χ2v) is 21.8. The van der Waals surface area contributed by atoms with Gasteiger partial charge < -0.3 is 24.4 Å². The quantitative estimate of drug-likeness (QED) is 0.136. The Morgan fingerprint density at radius 2 is 1.11 bits per heavy atom. The van der Waals surface area contributed by atoms with Crippen molar-refractivity contribution in [3.63, 3.8) is 0 Å². The van der Waals surface area contributed by atoms with Crippen LogP contribution in [0.1, 0.15) is 39.5 Å². The Balaban J connectivity index is 5.57. The van der Waals surface area contributed by atoms with Gasteiger partial charge in [-0.3, -0.25) is 19.2 Å². The number of carboxylic acids is 1. The molecule has 0 aromatic carbocycles. The molecule has 4 atom stereocenters. The molecule has 0 amide bonds. The van der Waals surface area contributed by atoms with Crippen LogP contribution in [0.4, 0.5) is 0 Å². The molecule has 0 aromatic rings. The maximum Gasteiger partial charge on any atom is 0.309 e. The van der Waals surface area contributed by atoms with E-state index in [1.54, 1.807) is 6.92 Å². The third-order valence-electron chi connectivity index (χ3n) is 6.04. The van der Waals surface area contributed by atoms with Crippen LogP contribution in [-0.2, 0) is 33.4 Å². The Morgan fingerprint density at radius 3 is 1.51 bits per heavy atom. The van der Waals surface area contributed by atoms with E-state index in [0.29, 0.717) is 13.0 Å². The highest BCUT2D eigenvalue weighted by molar-refractivity contribution is 7.74. The Labute approximate surface area is 224 Å². The zero-order chi connectivity index (χ0) is 28.8. The molecular weight excluding hydrogens is 518 g/mol. The van der Waals surface area contributed by atoms with E-state index < -0.39 is 56.1 Å². The van der Waals surface area contributed by atoms with Crippen LogP contribution < -0.4 is 0 Å². The zero-order valence-electron chi connectivity index (χ0n) is 24.0. The fourth-order valence-corrected chi connectivity index (χ4v) is 4.87. The molecule has 0 radical (unpaired) electrons. The summed E-state index contributed by atoms with van der Waals surface area (Å²) in [5.41, 5.74) is 0. The molecule has 9 nitrogen and oxygen atoms in total. The topological polar surface area (TPSA) is 136 Å². The van der Waals surface area contributed by atoms with Crippen molar-refractivity contribution >= 4 is 38.4 Å². The van der Waals surface area contributed by atoms with Gasteiger partial charge in [0.15, 0.2) is 0 Å². The maximum atomic E-state index is 13.1. The van der Waals surface area contributed by atoms with Crippen molar-refractivity contribution in [2.45, 2.75) is 39.5 Å². The average molecular weight is 569 g/mol. The van der Waals surface area contributed by atoms with Crippen LogP contribution in [0, 0.1) is 23.7 Å². The van der Waals surface area contributed by atoms with Crippen molar-refractivity contribution in [3.8, 4) is 0 Å². The molecule has 0 saturated heterocycles. The minimum Gasteiger partial charge on any atom is -0.481 e. The van der Waals surface area contributed by atoms with E-state index in [0.717, 1.165) is 12.3 Å². The van der Waals surface area contributed by atoms with Gasteiger partial charge in [0.05, 0.1) is 42.6 Å². The van der Waals surface area contributed by atoms with Crippen molar-refractivity contribution in [2.24, 2.45) is 23.7 Å². The van der Waals surface area contributed by atoms with Gasteiger partial charge >= 0.3 is 23.9 Å². The standard InChI is InChI=1S/C26H49O9P2/c1-9-20(25(31)34-12-14-36(3,4)5)17-22(26(32)35-13-15-37(6,7)8)18-21(23(28)29)16-19(2)24(30)33-11-10-27/h19-22,27H,9-18H2,1-8H3/q+1/p+1. The molecule has 0 aliphatic rings. The van der Waals surface area contributed by atoms with Gasteiger partial charge in [-0.1, -0.05) is 13.8 Å². The van der Waals surface area contributed by atoms with Crippen molar-refractivity contribution in [2.75, 3.05) is 78.7 Å². The summed E-state index contributed by atoms with van der Waals surface area (Å²) in [6.07, 6.45) is 2.03. The Hall–Kier alpha value is -1.30. The number of rotatable bonds is 19. The second kappa shape index (κ2) is 17.3. The van der Waals surface area contributed by atoms with Gasteiger partial charge in [0.2, 0.25) is 0 Å². The van der Waals surface area contributed by atoms with Crippen LogP contribution in [0.3, 0.4) is 0 Å². The van der Waals surface area contributed by atoms with E-state index in [1.807, 2.05) is 6.92 Å². The highest BCUT2D eigenvalue weighted by Crippen LogP contribution is 2.46. The minimum absolute atomic E-state index is 0.0343. The Kier molecular flexibility index (Phi) is 16.7. The predicted molar refractivity (Wildman–Crippen MR) is 150 cm³/mol. The van der Waals surface area contributed by atoms with Gasteiger partial charge in [-0.15, -0.1) is 0 Å². The second-order valence-electron chi connectivity index (χ2n) is 11.7. The fraction of sp³-hybridized carbons (Fsp3) is 0.846. The fourth-order valence-electron chi connectivity index (χ4n) is 3.59. The molecule has 4 unspecified atom stereocenters. The molecule has 216 valence electrons. The number of aliphatic hydroxyl groups excluding tert-OH is 1. The summed E-state index contributed by atoms with van der Waals surface area (Å²) in [4.78, 5) is 50.1. The molecule has 37 heavy (non-hydrogen) atoms. The van der Waals surface area contributed by atoms with Crippen LogP contribution in [-0.4, -0.2) is 113 Å². The van der Waals surface area contributed by atoms with E-state index >= 15 is 0 Å². The summed E-state index contributed by atoms with van der Waals surface area (Å²) in [5.74, 6) is -5.79. The average Bonchev–Trinajstić information content (AvgIpc) is 2.76. The lowest BCUT2D eigenvalue weighted by Gasteiger charge is -2.25. The summed E-state index contributed by atoms with van der Waals surface area (Å²) >= 11 is 0. The van der Waals surface area contributed by atoms with Crippen LogP contribution in [0.15, 0.2) is 0 Å². The molecule has 0 aliphatic heterocycles. The highest BCUT2D eigenvalue weighted by Gasteiger charge is 2.35. The summed E-state index contributed by atoms with van der Waals surface area (Å²) in [6.45, 7) is 16.4. The summed E-state index contributed by atoms with van der Waals surface area (Å²) in [6, 6.07) is 0. The molecule has 2 N–H and O–H groups in total. The summed E-state index contributed by atoms with van der Waals surface area (Å²) in [7, 11) is -2.28. The van der Waals surface area contributed by atoms with Gasteiger partial charge in [0, 0.05) is 54.5 Å². The van der Waals surface area contributed by atoms with Crippen molar-refractivity contribution in [3.05, 3.63) is 0 Å².